The second-order valence-electron chi connectivity index (χ2n) is 7.47. The molecule has 3 aromatic carbocycles. The molecule has 0 heterocycles. The van der Waals surface area contributed by atoms with Crippen LogP contribution in [-0.2, 0) is 4.79 Å². The number of rotatable bonds is 5. The molecule has 0 spiro atoms. The number of carbonyl (C=O) groups excluding carboxylic acids is 3. The largest absolute Gasteiger partial charge is 0.325 e. The first kappa shape index (κ1) is 19.7. The second-order valence-corrected chi connectivity index (χ2v) is 7.47. The van der Waals surface area contributed by atoms with E-state index in [0.717, 1.165) is 5.56 Å². The third-order valence-electron chi connectivity index (χ3n) is 5.39. The van der Waals surface area contributed by atoms with Crippen LogP contribution in [0, 0.1) is 0 Å². The van der Waals surface area contributed by atoms with Crippen molar-refractivity contribution in [2.24, 2.45) is 0 Å². The molecule has 2 atom stereocenters. The molecule has 1 aliphatic rings. The van der Waals surface area contributed by atoms with Gasteiger partial charge in [0.1, 0.15) is 0 Å². The lowest BCUT2D eigenvalue weighted by Gasteiger charge is -2.21. The van der Waals surface area contributed by atoms with Gasteiger partial charge in [-0.3, -0.25) is 19.7 Å². The predicted octanol–water partition coefficient (Wildman–Crippen LogP) is 4.14. The van der Waals surface area contributed by atoms with Crippen LogP contribution in [0.5, 0.6) is 0 Å². The van der Waals surface area contributed by atoms with E-state index in [1.165, 1.54) is 0 Å². The lowest BCUT2D eigenvalue weighted by atomic mass is 9.84. The lowest BCUT2D eigenvalue weighted by Crippen LogP contribution is -2.39. The molecule has 0 saturated carbocycles. The molecule has 1 aliphatic carbocycles. The van der Waals surface area contributed by atoms with Crippen molar-refractivity contribution in [2.75, 3.05) is 5.32 Å². The van der Waals surface area contributed by atoms with Crippen molar-refractivity contribution in [1.82, 2.24) is 5.32 Å². The quantitative estimate of drug-likeness (QED) is 0.530. The number of nitrogens with one attached hydrogen (secondary N) is 2. The Balaban J connectivity index is 1.50. The van der Waals surface area contributed by atoms with Gasteiger partial charge in [0.25, 0.3) is 0 Å². The Labute approximate surface area is 175 Å². The van der Waals surface area contributed by atoms with E-state index in [0.29, 0.717) is 27.9 Å². The highest BCUT2D eigenvalue weighted by atomic mass is 16.2. The fraction of sp³-hybridized carbons (Fsp3) is 0.160. The maximum atomic E-state index is 12.9. The molecule has 0 fully saturated rings. The first-order chi connectivity index (χ1) is 14.5. The van der Waals surface area contributed by atoms with Crippen LogP contribution in [0.3, 0.4) is 0 Å². The summed E-state index contributed by atoms with van der Waals surface area (Å²) in [5.74, 6) is -0.599. The van der Waals surface area contributed by atoms with Crippen LogP contribution in [0.1, 0.15) is 57.3 Å². The van der Waals surface area contributed by atoms with E-state index in [4.69, 9.17) is 0 Å². The molecule has 3 aromatic rings. The molecule has 1 amide bonds. The van der Waals surface area contributed by atoms with E-state index < -0.39 is 6.04 Å². The van der Waals surface area contributed by atoms with Crippen molar-refractivity contribution < 1.29 is 14.4 Å². The van der Waals surface area contributed by atoms with Gasteiger partial charge in [-0.1, -0.05) is 54.6 Å². The van der Waals surface area contributed by atoms with Gasteiger partial charge in [0.2, 0.25) is 5.91 Å². The second kappa shape index (κ2) is 8.05. The van der Waals surface area contributed by atoms with Gasteiger partial charge in [-0.15, -0.1) is 0 Å². The summed E-state index contributed by atoms with van der Waals surface area (Å²) in [6.07, 6.45) is 0. The first-order valence-corrected chi connectivity index (χ1v) is 9.90. The van der Waals surface area contributed by atoms with Crippen LogP contribution in [-0.4, -0.2) is 23.5 Å². The minimum absolute atomic E-state index is 0.00573. The molecule has 2 N–H and O–H groups in total. The Bertz CT molecular complexity index is 1140. The zero-order valence-corrected chi connectivity index (χ0v) is 16.8. The summed E-state index contributed by atoms with van der Waals surface area (Å²) in [5, 5.41) is 6.12. The maximum absolute atomic E-state index is 12.9. The summed E-state index contributed by atoms with van der Waals surface area (Å²) >= 11 is 0. The summed E-state index contributed by atoms with van der Waals surface area (Å²) in [5.41, 5.74) is 3.06. The molecule has 0 aromatic heterocycles. The van der Waals surface area contributed by atoms with Gasteiger partial charge in [0.05, 0.1) is 6.04 Å². The SMILES string of the molecule is C[C@@H](N[C@H](C)c1ccccc1)C(=O)Nc1ccc2c(c1)C(=O)c1ccccc1C2=O. The Morgan fingerprint density at radius 3 is 1.97 bits per heavy atom. The van der Waals surface area contributed by atoms with Gasteiger partial charge in [0.15, 0.2) is 11.6 Å². The van der Waals surface area contributed by atoms with E-state index in [1.54, 1.807) is 49.4 Å². The summed E-state index contributed by atoms with van der Waals surface area (Å²) in [4.78, 5) is 38.2. The number of anilines is 1. The fourth-order valence-electron chi connectivity index (χ4n) is 3.72. The van der Waals surface area contributed by atoms with Crippen molar-refractivity contribution in [2.45, 2.75) is 25.9 Å². The first-order valence-electron chi connectivity index (χ1n) is 9.90. The number of carbonyl (C=O) groups is 3. The predicted molar refractivity (Wildman–Crippen MR) is 116 cm³/mol. The van der Waals surface area contributed by atoms with Crippen LogP contribution in [0.25, 0.3) is 0 Å². The van der Waals surface area contributed by atoms with E-state index in [-0.39, 0.29) is 23.5 Å². The molecule has 0 bridgehead atoms. The Morgan fingerprint density at radius 2 is 1.30 bits per heavy atom. The standard InChI is InChI=1S/C25H22N2O3/c1-15(17-8-4-3-5-9-17)26-16(2)25(30)27-18-12-13-21-22(14-18)24(29)20-11-7-6-10-19(20)23(21)28/h3-16,26H,1-2H3,(H,27,30)/t15-,16-/m1/s1. The van der Waals surface area contributed by atoms with Gasteiger partial charge >= 0.3 is 0 Å². The molecule has 0 aliphatic heterocycles. The smallest absolute Gasteiger partial charge is 0.241 e. The number of benzene rings is 3. The monoisotopic (exact) mass is 398 g/mol. The number of ketones is 2. The van der Waals surface area contributed by atoms with Gasteiger partial charge in [-0.25, -0.2) is 0 Å². The molecule has 0 radical (unpaired) electrons. The van der Waals surface area contributed by atoms with E-state index in [9.17, 15) is 14.4 Å². The lowest BCUT2D eigenvalue weighted by molar-refractivity contribution is -0.117. The zero-order valence-electron chi connectivity index (χ0n) is 16.8. The van der Waals surface area contributed by atoms with Gasteiger partial charge < -0.3 is 5.32 Å². The van der Waals surface area contributed by atoms with Crippen LogP contribution >= 0.6 is 0 Å². The van der Waals surface area contributed by atoms with Crippen LogP contribution in [0.2, 0.25) is 0 Å². The van der Waals surface area contributed by atoms with E-state index >= 15 is 0 Å². The topological polar surface area (TPSA) is 75.3 Å². The molecular formula is C25H22N2O3. The Hall–Kier alpha value is -3.57. The van der Waals surface area contributed by atoms with Gasteiger partial charge in [0, 0.05) is 34.0 Å². The number of amides is 1. The molecule has 30 heavy (non-hydrogen) atoms. The molecule has 150 valence electrons. The normalized spacial score (nSPS) is 14.5. The molecule has 0 saturated heterocycles. The molecule has 5 heteroatoms. The third kappa shape index (κ3) is 3.67. The fourth-order valence-corrected chi connectivity index (χ4v) is 3.72. The number of hydrogen-bond acceptors (Lipinski definition) is 4. The highest BCUT2D eigenvalue weighted by molar-refractivity contribution is 6.28. The van der Waals surface area contributed by atoms with E-state index in [2.05, 4.69) is 10.6 Å². The highest BCUT2D eigenvalue weighted by Gasteiger charge is 2.29. The van der Waals surface area contributed by atoms with E-state index in [1.807, 2.05) is 37.3 Å². The molecule has 0 unspecified atom stereocenters. The average Bonchev–Trinajstić information content (AvgIpc) is 2.78. The van der Waals surface area contributed by atoms with Gasteiger partial charge in [-0.2, -0.15) is 0 Å². The average molecular weight is 398 g/mol. The van der Waals surface area contributed by atoms with Crippen molar-refractivity contribution in [1.29, 1.82) is 0 Å². The summed E-state index contributed by atoms with van der Waals surface area (Å²) < 4.78 is 0. The van der Waals surface area contributed by atoms with Crippen LogP contribution < -0.4 is 10.6 Å². The van der Waals surface area contributed by atoms with Crippen molar-refractivity contribution in [3.8, 4) is 0 Å². The number of fused-ring (bicyclic) bond motifs is 2. The van der Waals surface area contributed by atoms with Crippen LogP contribution in [0.4, 0.5) is 5.69 Å². The Kier molecular flexibility index (Phi) is 5.29. The maximum Gasteiger partial charge on any atom is 0.241 e. The molecule has 4 rings (SSSR count). The summed E-state index contributed by atoms with van der Waals surface area (Å²) in [6, 6.07) is 21.1. The minimum Gasteiger partial charge on any atom is -0.325 e. The summed E-state index contributed by atoms with van der Waals surface area (Å²) in [6.45, 7) is 3.79. The number of hydrogen-bond donors (Lipinski definition) is 2. The minimum atomic E-state index is -0.450. The van der Waals surface area contributed by atoms with Gasteiger partial charge in [-0.05, 0) is 37.6 Å². The zero-order chi connectivity index (χ0) is 21.3. The third-order valence-corrected chi connectivity index (χ3v) is 5.39. The van der Waals surface area contributed by atoms with Crippen molar-refractivity contribution >= 4 is 23.2 Å². The van der Waals surface area contributed by atoms with Crippen LogP contribution in [0.15, 0.2) is 72.8 Å². The van der Waals surface area contributed by atoms with Crippen molar-refractivity contribution in [3.63, 3.8) is 0 Å². The summed E-state index contributed by atoms with van der Waals surface area (Å²) in [7, 11) is 0. The molecular weight excluding hydrogens is 376 g/mol. The molecule has 5 nitrogen and oxygen atoms in total. The Morgan fingerprint density at radius 1 is 0.733 bits per heavy atom. The van der Waals surface area contributed by atoms with Crippen molar-refractivity contribution in [3.05, 3.63) is 101 Å². The highest BCUT2D eigenvalue weighted by Crippen LogP contribution is 2.29.